The van der Waals surface area contributed by atoms with Crippen molar-refractivity contribution in [1.82, 2.24) is 20.2 Å². The van der Waals surface area contributed by atoms with E-state index in [4.69, 9.17) is 0 Å². The van der Waals surface area contributed by atoms with Crippen LogP contribution in [0, 0.1) is 0 Å². The highest BCUT2D eigenvalue weighted by Gasteiger charge is 2.28. The lowest BCUT2D eigenvalue weighted by atomic mass is 10.2. The molecule has 19 heavy (non-hydrogen) atoms. The summed E-state index contributed by atoms with van der Waals surface area (Å²) >= 11 is 0. The second kappa shape index (κ2) is 4.79. The van der Waals surface area contributed by atoms with Gasteiger partial charge in [-0.25, -0.2) is 4.68 Å². The third-order valence-electron chi connectivity index (χ3n) is 3.13. The van der Waals surface area contributed by atoms with Gasteiger partial charge in [-0.3, -0.25) is 4.79 Å². The van der Waals surface area contributed by atoms with Crippen molar-refractivity contribution in [2.24, 2.45) is 0 Å². The molecule has 1 aliphatic carbocycles. The lowest BCUT2D eigenvalue weighted by molar-refractivity contribution is -0.115. The first kappa shape index (κ1) is 11.8. The van der Waals surface area contributed by atoms with Crippen LogP contribution >= 0.6 is 0 Å². The molecule has 0 saturated heterocycles. The van der Waals surface area contributed by atoms with Gasteiger partial charge in [-0.1, -0.05) is 6.92 Å². The Kier molecular flexibility index (Phi) is 2.98. The SMILES string of the molecule is CCC(=O)Nc1ccc(-c2nnnn2C2CC2)cc1. The number of carbonyl (C=O) groups is 1. The monoisotopic (exact) mass is 257 g/mol. The Labute approximate surface area is 110 Å². The third kappa shape index (κ3) is 2.47. The van der Waals surface area contributed by atoms with E-state index in [0.29, 0.717) is 12.5 Å². The first-order valence-electron chi connectivity index (χ1n) is 6.46. The second-order valence-corrected chi connectivity index (χ2v) is 4.66. The summed E-state index contributed by atoms with van der Waals surface area (Å²) in [7, 11) is 0. The number of nitrogens with zero attached hydrogens (tertiary/aromatic N) is 4. The number of amides is 1. The largest absolute Gasteiger partial charge is 0.326 e. The summed E-state index contributed by atoms with van der Waals surface area (Å²) in [4.78, 5) is 11.3. The maximum absolute atomic E-state index is 11.3. The minimum Gasteiger partial charge on any atom is -0.326 e. The first-order chi connectivity index (χ1) is 9.28. The number of nitrogens with one attached hydrogen (secondary N) is 1. The highest BCUT2D eigenvalue weighted by Crippen LogP contribution is 2.36. The predicted molar refractivity (Wildman–Crippen MR) is 70.4 cm³/mol. The molecule has 0 radical (unpaired) electrons. The van der Waals surface area contributed by atoms with E-state index in [1.165, 1.54) is 0 Å². The molecule has 0 bridgehead atoms. The van der Waals surface area contributed by atoms with Crippen molar-refractivity contribution in [3.8, 4) is 11.4 Å². The molecular formula is C13H15N5O. The van der Waals surface area contributed by atoms with Crippen LogP contribution < -0.4 is 5.32 Å². The van der Waals surface area contributed by atoms with E-state index in [-0.39, 0.29) is 5.91 Å². The summed E-state index contributed by atoms with van der Waals surface area (Å²) in [6.07, 6.45) is 2.76. The number of hydrogen-bond donors (Lipinski definition) is 1. The standard InChI is InChI=1S/C13H15N5O/c1-2-12(19)14-10-5-3-9(4-6-10)13-15-16-17-18(13)11-7-8-11/h3-6,11H,2,7-8H2,1H3,(H,14,19). The molecule has 6 heteroatoms. The Morgan fingerprint density at radius 3 is 2.74 bits per heavy atom. The molecule has 1 aromatic heterocycles. The van der Waals surface area contributed by atoms with Crippen LogP contribution in [-0.2, 0) is 4.79 Å². The molecule has 0 spiro atoms. The molecule has 1 aliphatic rings. The van der Waals surface area contributed by atoms with Gasteiger partial charge in [0.25, 0.3) is 0 Å². The Bertz CT molecular complexity index is 585. The lowest BCUT2D eigenvalue weighted by Gasteiger charge is -2.05. The van der Waals surface area contributed by atoms with Gasteiger partial charge in [0.05, 0.1) is 6.04 Å². The van der Waals surface area contributed by atoms with Crippen molar-refractivity contribution in [3.05, 3.63) is 24.3 Å². The van der Waals surface area contributed by atoms with Gasteiger partial charge in [0.1, 0.15) is 0 Å². The number of benzene rings is 1. The van der Waals surface area contributed by atoms with E-state index in [1.54, 1.807) is 0 Å². The van der Waals surface area contributed by atoms with Gasteiger partial charge in [0.2, 0.25) is 5.91 Å². The van der Waals surface area contributed by atoms with Crippen LogP contribution in [0.25, 0.3) is 11.4 Å². The van der Waals surface area contributed by atoms with Crippen LogP contribution in [0.15, 0.2) is 24.3 Å². The molecule has 1 aromatic carbocycles. The number of rotatable bonds is 4. The fourth-order valence-corrected chi connectivity index (χ4v) is 1.90. The van der Waals surface area contributed by atoms with Crippen molar-refractivity contribution in [2.75, 3.05) is 5.32 Å². The number of anilines is 1. The zero-order valence-electron chi connectivity index (χ0n) is 10.7. The molecule has 1 fully saturated rings. The summed E-state index contributed by atoms with van der Waals surface area (Å²) < 4.78 is 1.87. The minimum atomic E-state index is 0.00978. The molecular weight excluding hydrogens is 242 g/mol. The summed E-state index contributed by atoms with van der Waals surface area (Å²) in [6.45, 7) is 1.83. The molecule has 1 saturated carbocycles. The van der Waals surface area contributed by atoms with Gasteiger partial charge < -0.3 is 5.32 Å². The number of carbonyl (C=O) groups excluding carboxylic acids is 1. The van der Waals surface area contributed by atoms with Crippen molar-refractivity contribution in [1.29, 1.82) is 0 Å². The summed E-state index contributed by atoms with van der Waals surface area (Å²) in [5.74, 6) is 0.798. The molecule has 0 unspecified atom stereocenters. The maximum atomic E-state index is 11.3. The van der Waals surface area contributed by atoms with Crippen molar-refractivity contribution in [2.45, 2.75) is 32.2 Å². The molecule has 2 aromatic rings. The van der Waals surface area contributed by atoms with Gasteiger partial charge in [-0.05, 0) is 47.5 Å². The van der Waals surface area contributed by atoms with Crippen LogP contribution in [0.5, 0.6) is 0 Å². The fourth-order valence-electron chi connectivity index (χ4n) is 1.90. The van der Waals surface area contributed by atoms with Crippen LogP contribution in [0.1, 0.15) is 32.2 Å². The quantitative estimate of drug-likeness (QED) is 0.909. The highest BCUT2D eigenvalue weighted by molar-refractivity contribution is 5.90. The Hall–Kier alpha value is -2.24. The van der Waals surface area contributed by atoms with Crippen LogP contribution in [0.4, 0.5) is 5.69 Å². The molecule has 98 valence electrons. The van der Waals surface area contributed by atoms with Crippen LogP contribution in [0.2, 0.25) is 0 Å². The molecule has 0 atom stereocenters. The average Bonchev–Trinajstić information content (AvgIpc) is 3.17. The minimum absolute atomic E-state index is 0.00978. The van der Waals surface area contributed by atoms with E-state index in [2.05, 4.69) is 20.8 Å². The van der Waals surface area contributed by atoms with Crippen LogP contribution in [0.3, 0.4) is 0 Å². The highest BCUT2D eigenvalue weighted by atomic mass is 16.1. The maximum Gasteiger partial charge on any atom is 0.224 e. The summed E-state index contributed by atoms with van der Waals surface area (Å²) in [5, 5.41) is 14.6. The first-order valence-corrected chi connectivity index (χ1v) is 6.46. The molecule has 1 N–H and O–H groups in total. The Morgan fingerprint density at radius 2 is 2.11 bits per heavy atom. The van der Waals surface area contributed by atoms with Crippen LogP contribution in [-0.4, -0.2) is 26.1 Å². The van der Waals surface area contributed by atoms with E-state index in [0.717, 1.165) is 29.9 Å². The van der Waals surface area contributed by atoms with E-state index in [1.807, 2.05) is 35.9 Å². The number of hydrogen-bond acceptors (Lipinski definition) is 4. The zero-order chi connectivity index (χ0) is 13.2. The predicted octanol–water partition coefficient (Wildman–Crippen LogP) is 2.02. The molecule has 1 amide bonds. The average molecular weight is 257 g/mol. The zero-order valence-corrected chi connectivity index (χ0v) is 10.7. The smallest absolute Gasteiger partial charge is 0.224 e. The van der Waals surface area contributed by atoms with Gasteiger partial charge in [0.15, 0.2) is 5.82 Å². The molecule has 0 aliphatic heterocycles. The van der Waals surface area contributed by atoms with Crippen molar-refractivity contribution in [3.63, 3.8) is 0 Å². The van der Waals surface area contributed by atoms with Gasteiger partial charge in [0, 0.05) is 17.7 Å². The van der Waals surface area contributed by atoms with E-state index in [9.17, 15) is 4.79 Å². The molecule has 6 nitrogen and oxygen atoms in total. The topological polar surface area (TPSA) is 72.7 Å². The second-order valence-electron chi connectivity index (χ2n) is 4.66. The number of tetrazole rings is 1. The Morgan fingerprint density at radius 1 is 1.37 bits per heavy atom. The Balaban J connectivity index is 1.81. The van der Waals surface area contributed by atoms with Gasteiger partial charge in [-0.2, -0.15) is 0 Å². The van der Waals surface area contributed by atoms with Crippen molar-refractivity contribution >= 4 is 11.6 Å². The fraction of sp³-hybridized carbons (Fsp3) is 0.385. The van der Waals surface area contributed by atoms with Crippen molar-refractivity contribution < 1.29 is 4.79 Å². The summed E-state index contributed by atoms with van der Waals surface area (Å²) in [5.41, 5.74) is 1.76. The molecule has 3 rings (SSSR count). The third-order valence-corrected chi connectivity index (χ3v) is 3.13. The lowest BCUT2D eigenvalue weighted by Crippen LogP contribution is -2.09. The normalized spacial score (nSPS) is 14.4. The van der Waals surface area contributed by atoms with Gasteiger partial charge >= 0.3 is 0 Å². The van der Waals surface area contributed by atoms with E-state index < -0.39 is 0 Å². The number of aromatic nitrogens is 4. The summed E-state index contributed by atoms with van der Waals surface area (Å²) in [6, 6.07) is 8.04. The van der Waals surface area contributed by atoms with E-state index >= 15 is 0 Å². The van der Waals surface area contributed by atoms with Gasteiger partial charge in [-0.15, -0.1) is 5.10 Å². The molecule has 1 heterocycles.